The molecule has 0 radical (unpaired) electrons. The van der Waals surface area contributed by atoms with Crippen molar-refractivity contribution in [2.24, 2.45) is 0 Å². The summed E-state index contributed by atoms with van der Waals surface area (Å²) in [4.78, 5) is 14.4. The number of benzene rings is 1. The van der Waals surface area contributed by atoms with E-state index in [9.17, 15) is 4.79 Å². The van der Waals surface area contributed by atoms with E-state index in [-0.39, 0.29) is 18.1 Å². The molecule has 0 aliphatic carbocycles. The maximum atomic E-state index is 12.5. The third kappa shape index (κ3) is 2.51. The highest BCUT2D eigenvalue weighted by Crippen LogP contribution is 2.20. The first-order valence-corrected chi connectivity index (χ1v) is 6.91. The predicted octanol–water partition coefficient (Wildman–Crippen LogP) is 1.54. The number of nitrogens with zero attached hydrogens (tertiary/aromatic N) is 1. The van der Waals surface area contributed by atoms with Gasteiger partial charge in [0.2, 0.25) is 0 Å². The lowest BCUT2D eigenvalue weighted by Gasteiger charge is -2.35. The molecule has 2 aliphatic heterocycles. The zero-order valence-corrected chi connectivity index (χ0v) is 11.5. The normalized spacial score (nSPS) is 26.3. The summed E-state index contributed by atoms with van der Waals surface area (Å²) in [6.45, 7) is 7.17. The number of carbonyl (C=O) groups is 1. The van der Waals surface area contributed by atoms with Crippen LogP contribution in [0.1, 0.15) is 35.3 Å². The fourth-order valence-corrected chi connectivity index (χ4v) is 2.95. The SMILES string of the molecule is C[C@@H]1CN(C(=O)c2ccc3c(c2)CNC3)C[C@H](C)O1. The molecule has 3 rings (SSSR count). The van der Waals surface area contributed by atoms with Crippen molar-refractivity contribution in [3.8, 4) is 0 Å². The maximum Gasteiger partial charge on any atom is 0.254 e. The van der Waals surface area contributed by atoms with Gasteiger partial charge in [-0.25, -0.2) is 0 Å². The minimum absolute atomic E-state index is 0.115. The number of ether oxygens (including phenoxy) is 1. The minimum atomic E-state index is 0.115. The van der Waals surface area contributed by atoms with Crippen LogP contribution < -0.4 is 5.32 Å². The van der Waals surface area contributed by atoms with E-state index in [4.69, 9.17) is 4.74 Å². The average Bonchev–Trinajstić information content (AvgIpc) is 2.83. The molecule has 1 saturated heterocycles. The van der Waals surface area contributed by atoms with Crippen LogP contribution in [0.5, 0.6) is 0 Å². The maximum absolute atomic E-state index is 12.5. The van der Waals surface area contributed by atoms with Gasteiger partial charge in [-0.1, -0.05) is 6.07 Å². The topological polar surface area (TPSA) is 41.6 Å². The molecular formula is C15H20N2O2. The summed E-state index contributed by atoms with van der Waals surface area (Å²) in [7, 11) is 0. The highest BCUT2D eigenvalue weighted by Gasteiger charge is 2.27. The zero-order chi connectivity index (χ0) is 13.4. The molecular weight excluding hydrogens is 240 g/mol. The van der Waals surface area contributed by atoms with Gasteiger partial charge in [-0.3, -0.25) is 4.79 Å². The molecule has 4 nitrogen and oxygen atoms in total. The van der Waals surface area contributed by atoms with Crippen molar-refractivity contribution in [3.05, 3.63) is 34.9 Å². The Bertz CT molecular complexity index is 491. The Kier molecular flexibility index (Phi) is 3.29. The quantitative estimate of drug-likeness (QED) is 0.833. The van der Waals surface area contributed by atoms with E-state index in [1.54, 1.807) is 0 Å². The molecule has 2 heterocycles. The van der Waals surface area contributed by atoms with Gasteiger partial charge in [0, 0.05) is 31.7 Å². The Morgan fingerprint density at radius 2 is 1.89 bits per heavy atom. The van der Waals surface area contributed by atoms with Gasteiger partial charge in [0.1, 0.15) is 0 Å². The summed E-state index contributed by atoms with van der Waals surface area (Å²) >= 11 is 0. The fourth-order valence-electron chi connectivity index (χ4n) is 2.95. The summed E-state index contributed by atoms with van der Waals surface area (Å²) < 4.78 is 5.67. The number of amides is 1. The molecule has 1 fully saturated rings. The molecule has 102 valence electrons. The Hall–Kier alpha value is -1.39. The summed E-state index contributed by atoms with van der Waals surface area (Å²) in [6, 6.07) is 6.04. The van der Waals surface area contributed by atoms with Gasteiger partial charge >= 0.3 is 0 Å². The van der Waals surface area contributed by atoms with Crippen molar-refractivity contribution >= 4 is 5.91 Å². The van der Waals surface area contributed by atoms with Gasteiger partial charge in [0.25, 0.3) is 5.91 Å². The van der Waals surface area contributed by atoms with E-state index in [2.05, 4.69) is 11.4 Å². The summed E-state index contributed by atoms with van der Waals surface area (Å²) in [5.74, 6) is 0.122. The lowest BCUT2D eigenvalue weighted by atomic mass is 10.0. The van der Waals surface area contributed by atoms with Gasteiger partial charge in [-0.05, 0) is 37.1 Å². The summed E-state index contributed by atoms with van der Waals surface area (Å²) in [6.07, 6.45) is 0.229. The first kappa shape index (κ1) is 12.6. The molecule has 1 aromatic carbocycles. The van der Waals surface area contributed by atoms with Crippen LogP contribution in [0.2, 0.25) is 0 Å². The van der Waals surface area contributed by atoms with Crippen LogP contribution in [0.25, 0.3) is 0 Å². The fraction of sp³-hybridized carbons (Fsp3) is 0.533. The van der Waals surface area contributed by atoms with Gasteiger partial charge in [-0.15, -0.1) is 0 Å². The molecule has 2 aliphatic rings. The summed E-state index contributed by atoms with van der Waals surface area (Å²) in [5, 5.41) is 3.30. The minimum Gasteiger partial charge on any atom is -0.372 e. The molecule has 0 aromatic heterocycles. The number of nitrogens with one attached hydrogen (secondary N) is 1. The largest absolute Gasteiger partial charge is 0.372 e. The van der Waals surface area contributed by atoms with Crippen molar-refractivity contribution in [1.82, 2.24) is 10.2 Å². The van der Waals surface area contributed by atoms with Crippen molar-refractivity contribution in [2.45, 2.75) is 39.1 Å². The number of rotatable bonds is 1. The number of hydrogen-bond donors (Lipinski definition) is 1. The molecule has 0 unspecified atom stereocenters. The Balaban J connectivity index is 1.80. The molecule has 0 bridgehead atoms. The van der Waals surface area contributed by atoms with Crippen LogP contribution >= 0.6 is 0 Å². The van der Waals surface area contributed by atoms with E-state index in [1.165, 1.54) is 11.1 Å². The van der Waals surface area contributed by atoms with Gasteiger partial charge < -0.3 is 15.0 Å². The first-order chi connectivity index (χ1) is 9.13. The highest BCUT2D eigenvalue weighted by atomic mass is 16.5. The number of hydrogen-bond acceptors (Lipinski definition) is 3. The van der Waals surface area contributed by atoms with Crippen LogP contribution in [-0.2, 0) is 17.8 Å². The van der Waals surface area contributed by atoms with Crippen LogP contribution in [0.4, 0.5) is 0 Å². The van der Waals surface area contributed by atoms with Gasteiger partial charge in [-0.2, -0.15) is 0 Å². The second-order valence-electron chi connectivity index (χ2n) is 5.55. The monoisotopic (exact) mass is 260 g/mol. The Labute approximate surface area is 113 Å². The third-order valence-electron chi connectivity index (χ3n) is 3.79. The first-order valence-electron chi connectivity index (χ1n) is 6.91. The van der Waals surface area contributed by atoms with Crippen LogP contribution in [0.3, 0.4) is 0 Å². The van der Waals surface area contributed by atoms with Crippen LogP contribution in [-0.4, -0.2) is 36.1 Å². The lowest BCUT2D eigenvalue weighted by Crippen LogP contribution is -2.48. The van der Waals surface area contributed by atoms with Gasteiger partial charge in [0.15, 0.2) is 0 Å². The van der Waals surface area contributed by atoms with E-state index in [0.29, 0.717) is 13.1 Å². The number of carbonyl (C=O) groups excluding carboxylic acids is 1. The molecule has 4 heteroatoms. The second kappa shape index (κ2) is 4.94. The zero-order valence-electron chi connectivity index (χ0n) is 11.5. The van der Waals surface area contributed by atoms with Crippen molar-refractivity contribution in [2.75, 3.05) is 13.1 Å². The second-order valence-corrected chi connectivity index (χ2v) is 5.55. The van der Waals surface area contributed by atoms with Crippen LogP contribution in [0.15, 0.2) is 18.2 Å². The lowest BCUT2D eigenvalue weighted by molar-refractivity contribution is -0.0586. The van der Waals surface area contributed by atoms with Crippen molar-refractivity contribution < 1.29 is 9.53 Å². The average molecular weight is 260 g/mol. The number of fused-ring (bicyclic) bond motifs is 1. The van der Waals surface area contributed by atoms with E-state index >= 15 is 0 Å². The molecule has 2 atom stereocenters. The molecule has 1 amide bonds. The van der Waals surface area contributed by atoms with Crippen LogP contribution in [0, 0.1) is 0 Å². The van der Waals surface area contributed by atoms with E-state index in [1.807, 2.05) is 30.9 Å². The van der Waals surface area contributed by atoms with Crippen molar-refractivity contribution in [3.63, 3.8) is 0 Å². The van der Waals surface area contributed by atoms with Gasteiger partial charge in [0.05, 0.1) is 12.2 Å². The molecule has 19 heavy (non-hydrogen) atoms. The Morgan fingerprint density at radius 3 is 2.63 bits per heavy atom. The Morgan fingerprint density at radius 1 is 1.21 bits per heavy atom. The molecule has 1 aromatic rings. The summed E-state index contributed by atoms with van der Waals surface area (Å²) in [5.41, 5.74) is 3.35. The highest BCUT2D eigenvalue weighted by molar-refractivity contribution is 5.94. The predicted molar refractivity (Wildman–Crippen MR) is 72.9 cm³/mol. The van der Waals surface area contributed by atoms with E-state index < -0.39 is 0 Å². The van der Waals surface area contributed by atoms with E-state index in [0.717, 1.165) is 18.7 Å². The van der Waals surface area contributed by atoms with Crippen molar-refractivity contribution in [1.29, 1.82) is 0 Å². The number of morpholine rings is 1. The molecule has 0 saturated carbocycles. The standard InChI is InChI=1S/C15H20N2O2/c1-10-8-17(9-11(2)19-10)15(18)12-3-4-13-6-16-7-14(13)5-12/h3-5,10-11,16H,6-9H2,1-2H3/t10-,11+. The third-order valence-corrected chi connectivity index (χ3v) is 3.79. The smallest absolute Gasteiger partial charge is 0.254 e. The molecule has 1 N–H and O–H groups in total. The molecule has 0 spiro atoms.